The summed E-state index contributed by atoms with van der Waals surface area (Å²) in [6, 6.07) is 3.30. The van der Waals surface area contributed by atoms with E-state index in [0.29, 0.717) is 12.0 Å². The second-order valence-electron chi connectivity index (χ2n) is 18.5. The molecule has 2 fully saturated rings. The lowest BCUT2D eigenvalue weighted by Gasteiger charge is -2.31. The number of carbonyl (C=O) groups is 9. The lowest BCUT2D eigenvalue weighted by Crippen LogP contribution is -2.60. The summed E-state index contributed by atoms with van der Waals surface area (Å²) in [4.78, 5) is 129. The Balaban J connectivity index is 1.52. The molecule has 18 N–H and O–H groups in total. The molecule has 5 rings (SSSR count). The number of nitrogens with zero attached hydrogens (tertiary/aromatic N) is 1. The third-order valence-corrected chi connectivity index (χ3v) is 12.8. The number of primary amides is 1. The van der Waals surface area contributed by atoms with E-state index >= 15 is 4.39 Å². The van der Waals surface area contributed by atoms with Crippen LogP contribution in [0, 0.1) is 16.6 Å². The van der Waals surface area contributed by atoms with Gasteiger partial charge < -0.3 is 74.9 Å². The van der Waals surface area contributed by atoms with Gasteiger partial charge in [-0.3, -0.25) is 54.0 Å². The largest absolute Gasteiger partial charge is 0.370 e. The Hall–Kier alpha value is -8.32. The summed E-state index contributed by atoms with van der Waals surface area (Å²) in [6.45, 7) is 1.49. The van der Waals surface area contributed by atoms with Crippen molar-refractivity contribution < 1.29 is 47.5 Å². The number of nitrogens with one attached hydrogen (secondary N) is 12. The summed E-state index contributed by atoms with van der Waals surface area (Å²) in [7, 11) is 0. The molecular formula is C49H69FN16O9. The van der Waals surface area contributed by atoms with Crippen LogP contribution in [0.3, 0.4) is 0 Å². The predicted molar refractivity (Wildman–Crippen MR) is 273 cm³/mol. The summed E-state index contributed by atoms with van der Waals surface area (Å²) in [5.41, 5.74) is 18.0. The van der Waals surface area contributed by atoms with E-state index in [-0.39, 0.29) is 108 Å². The molecule has 0 saturated carbocycles. The van der Waals surface area contributed by atoms with Crippen LogP contribution in [0.2, 0.25) is 0 Å². The van der Waals surface area contributed by atoms with E-state index in [1.54, 1.807) is 12.3 Å². The summed E-state index contributed by atoms with van der Waals surface area (Å²) in [5.74, 6) is -8.31. The Morgan fingerprint density at radius 3 is 2.08 bits per heavy atom. The maximum Gasteiger partial charge on any atom is 0.245 e. The number of halogens is 1. The van der Waals surface area contributed by atoms with Crippen LogP contribution in [-0.2, 0) is 56.0 Å². The first-order valence-corrected chi connectivity index (χ1v) is 24.9. The zero-order valence-corrected chi connectivity index (χ0v) is 41.8. The molecule has 1 aromatic heterocycles. The van der Waals surface area contributed by atoms with Gasteiger partial charge in [0.25, 0.3) is 0 Å². The minimum absolute atomic E-state index is 0.0137. The number of hydrogen-bond acceptors (Lipinski definition) is 11. The van der Waals surface area contributed by atoms with E-state index in [4.69, 9.17) is 28.0 Å². The van der Waals surface area contributed by atoms with Crippen molar-refractivity contribution in [2.45, 2.75) is 126 Å². The zero-order valence-electron chi connectivity index (χ0n) is 41.8. The van der Waals surface area contributed by atoms with E-state index in [0.717, 1.165) is 10.9 Å². The van der Waals surface area contributed by atoms with E-state index < -0.39 is 108 Å². The normalized spacial score (nSPS) is 22.0. The van der Waals surface area contributed by atoms with Crippen molar-refractivity contribution in [3.63, 3.8) is 0 Å². The van der Waals surface area contributed by atoms with Crippen LogP contribution in [0.15, 0.2) is 54.7 Å². The van der Waals surface area contributed by atoms with Crippen molar-refractivity contribution in [1.29, 1.82) is 10.8 Å². The Morgan fingerprint density at radius 2 is 1.39 bits per heavy atom. The van der Waals surface area contributed by atoms with Gasteiger partial charge in [0, 0.05) is 69.5 Å². The number of guanidine groups is 2. The molecule has 2 aliphatic heterocycles. The van der Waals surface area contributed by atoms with Crippen LogP contribution in [0.1, 0.15) is 82.3 Å². The van der Waals surface area contributed by atoms with Gasteiger partial charge in [-0.25, -0.2) is 4.39 Å². The lowest BCUT2D eigenvalue weighted by atomic mass is 10.0. The molecule has 3 heterocycles. The van der Waals surface area contributed by atoms with Gasteiger partial charge in [-0.2, -0.15) is 0 Å². The first-order valence-electron chi connectivity index (χ1n) is 24.9. The molecular weight excluding hydrogens is 976 g/mol. The van der Waals surface area contributed by atoms with Crippen molar-refractivity contribution >= 4 is 76.0 Å². The molecule has 7 atom stereocenters. The van der Waals surface area contributed by atoms with Gasteiger partial charge in [0.1, 0.15) is 48.1 Å². The van der Waals surface area contributed by atoms with E-state index in [9.17, 15) is 43.2 Å². The maximum atomic E-state index is 15.3. The van der Waals surface area contributed by atoms with Crippen molar-refractivity contribution in [3.8, 4) is 0 Å². The first kappa shape index (κ1) is 57.6. The van der Waals surface area contributed by atoms with E-state index in [1.807, 2.05) is 18.2 Å². The molecule has 406 valence electrons. The number of rotatable bonds is 16. The summed E-state index contributed by atoms with van der Waals surface area (Å²) in [6.07, 6.45) is 1.38. The highest BCUT2D eigenvalue weighted by Gasteiger charge is 2.40. The van der Waals surface area contributed by atoms with Gasteiger partial charge in [0.2, 0.25) is 53.2 Å². The van der Waals surface area contributed by atoms with Gasteiger partial charge in [-0.1, -0.05) is 36.4 Å². The molecule has 2 aliphatic rings. The number of fused-ring (bicyclic) bond motifs is 2. The number of carbonyl (C=O) groups excluding carboxylic acids is 9. The van der Waals surface area contributed by atoms with Gasteiger partial charge >= 0.3 is 0 Å². The molecule has 0 bridgehead atoms. The second kappa shape index (κ2) is 28.2. The van der Waals surface area contributed by atoms with Crippen LogP contribution in [0.25, 0.3) is 10.9 Å². The Morgan fingerprint density at radius 1 is 0.760 bits per heavy atom. The molecule has 25 nitrogen and oxygen atoms in total. The number of aromatic amines is 1. The fourth-order valence-corrected chi connectivity index (χ4v) is 8.97. The van der Waals surface area contributed by atoms with E-state index in [1.165, 1.54) is 36.1 Å². The predicted octanol–water partition coefficient (Wildman–Crippen LogP) is -2.29. The highest BCUT2D eigenvalue weighted by atomic mass is 19.1. The standard InChI is InChI=1S/C49H69FN16O9/c1-27(67)60-34(15-7-21-57-48(52)53)42(70)63-36-18-19-40(68)56-20-6-14-33(41(51)69)61-44(72)38(25-29-26-59-32-13-5-3-11-30(29)32)64-43(71)35(16-8-22-58-49(54)55)62-45(73)37(24-28-10-2-4-12-31(28)50)65-46(74)39-17-9-23-66(39)47(36)75/h2-5,10-13,26,33-39,59H,6-9,14-25H2,1H3,(H2,51,69)(H,56,68)(H,60,67)(H,61,72)(H,62,73)(H,63,70)(H,64,71)(H,65,74)(H4,52,53,57)(H4,54,55,58)/t33-,34-,35-,36-,37+,38-,39-/m0/s1. The fourth-order valence-electron chi connectivity index (χ4n) is 8.97. The van der Waals surface area contributed by atoms with Gasteiger partial charge in [0.05, 0.1) is 0 Å². The summed E-state index contributed by atoms with van der Waals surface area (Å²) in [5, 5.41) is 39.7. The fraction of sp³-hybridized carbons (Fsp3) is 0.490. The minimum atomic E-state index is -1.57. The topological polar surface area (TPSA) is 407 Å². The average Bonchev–Trinajstić information content (AvgIpc) is 4.03. The number of amides is 9. The number of para-hydroxylation sites is 1. The SMILES string of the molecule is CC(=O)N[C@@H](CCCNC(=N)N)C(=O)N[C@H]1CCC(=O)NCCC[C@@H](C(N)=O)NC(=O)[C@H](Cc2c[nH]c3ccccc23)NC(=O)[C@H](CCCNC(=N)N)NC(=O)[C@@H](Cc2ccccc2F)NC(=O)[C@@H]2CCCN2C1=O. The number of nitrogens with two attached hydrogens (primary N) is 3. The molecule has 0 spiro atoms. The third-order valence-electron chi connectivity index (χ3n) is 12.8. The monoisotopic (exact) mass is 1040 g/mol. The molecule has 9 amide bonds. The molecule has 2 saturated heterocycles. The van der Waals surface area contributed by atoms with Crippen LogP contribution in [0.4, 0.5) is 4.39 Å². The first-order chi connectivity index (χ1) is 35.8. The molecule has 75 heavy (non-hydrogen) atoms. The Labute approximate surface area is 432 Å². The van der Waals surface area contributed by atoms with Gasteiger partial charge in [-0.15, -0.1) is 0 Å². The highest BCUT2D eigenvalue weighted by Crippen LogP contribution is 2.22. The van der Waals surface area contributed by atoms with Crippen molar-refractivity contribution in [2.24, 2.45) is 17.2 Å². The van der Waals surface area contributed by atoms with Crippen molar-refractivity contribution in [2.75, 3.05) is 26.2 Å². The number of hydrogen-bond donors (Lipinski definition) is 15. The van der Waals surface area contributed by atoms with Crippen LogP contribution >= 0.6 is 0 Å². The van der Waals surface area contributed by atoms with Crippen LogP contribution in [-0.4, -0.2) is 143 Å². The van der Waals surface area contributed by atoms with Crippen molar-refractivity contribution in [1.82, 2.24) is 57.7 Å². The number of aromatic nitrogens is 1. The zero-order chi connectivity index (χ0) is 54.6. The molecule has 0 radical (unpaired) electrons. The quantitative estimate of drug-likeness (QED) is 0.0409. The minimum Gasteiger partial charge on any atom is -0.370 e. The molecule has 0 aliphatic carbocycles. The lowest BCUT2D eigenvalue weighted by molar-refractivity contribution is -0.143. The molecule has 0 unspecified atom stereocenters. The molecule has 2 aromatic carbocycles. The van der Waals surface area contributed by atoms with Gasteiger partial charge in [-0.05, 0) is 81.0 Å². The van der Waals surface area contributed by atoms with Crippen LogP contribution in [0.5, 0.6) is 0 Å². The van der Waals surface area contributed by atoms with Gasteiger partial charge in [0.15, 0.2) is 11.9 Å². The molecule has 3 aromatic rings. The maximum absolute atomic E-state index is 15.3. The second-order valence-corrected chi connectivity index (χ2v) is 18.5. The highest BCUT2D eigenvalue weighted by molar-refractivity contribution is 5.98. The summed E-state index contributed by atoms with van der Waals surface area (Å²) < 4.78 is 15.3. The molecule has 26 heteroatoms. The Bertz CT molecular complexity index is 2580. The Kier molecular flexibility index (Phi) is 21.7. The van der Waals surface area contributed by atoms with E-state index in [2.05, 4.69) is 52.8 Å². The average molecular weight is 1050 g/mol. The number of H-pyrrole nitrogens is 1. The summed E-state index contributed by atoms with van der Waals surface area (Å²) >= 11 is 0. The number of benzene rings is 2. The third kappa shape index (κ3) is 17.7. The smallest absolute Gasteiger partial charge is 0.245 e. The van der Waals surface area contributed by atoms with Crippen LogP contribution < -0.4 is 65.1 Å². The van der Waals surface area contributed by atoms with Crippen molar-refractivity contribution in [3.05, 3.63) is 71.7 Å².